The summed E-state index contributed by atoms with van der Waals surface area (Å²) in [5.74, 6) is -0.466. The Morgan fingerprint density at radius 3 is 2.50 bits per heavy atom. The fraction of sp³-hybridized carbons (Fsp3) is 0.0645. The van der Waals surface area contributed by atoms with Crippen molar-refractivity contribution in [3.05, 3.63) is 96.2 Å². The van der Waals surface area contributed by atoms with E-state index in [1.54, 1.807) is 42.6 Å². The first-order valence-corrected chi connectivity index (χ1v) is 14.2. The third kappa shape index (κ3) is 5.32. The van der Waals surface area contributed by atoms with Crippen molar-refractivity contribution >= 4 is 58.1 Å². The maximum atomic E-state index is 13.5. The highest BCUT2D eigenvalue weighted by molar-refractivity contribution is 7.98. The molecule has 2 aromatic heterocycles. The van der Waals surface area contributed by atoms with Gasteiger partial charge in [0.1, 0.15) is 5.82 Å². The minimum atomic E-state index is -0.374. The molecule has 5 aromatic rings. The van der Waals surface area contributed by atoms with Crippen LogP contribution in [0.5, 0.6) is 0 Å². The number of carbonyl (C=O) groups is 3. The third-order valence-electron chi connectivity index (χ3n) is 6.61. The predicted molar refractivity (Wildman–Crippen MR) is 165 cm³/mol. The second kappa shape index (κ2) is 11.2. The number of aromatic amines is 1. The van der Waals surface area contributed by atoms with Crippen LogP contribution >= 0.6 is 11.8 Å². The van der Waals surface area contributed by atoms with E-state index in [0.29, 0.717) is 50.5 Å². The summed E-state index contributed by atoms with van der Waals surface area (Å²) < 4.78 is 0. The Labute approximate surface area is 245 Å². The van der Waals surface area contributed by atoms with Gasteiger partial charge in [0.05, 0.1) is 39.6 Å². The summed E-state index contributed by atoms with van der Waals surface area (Å²) in [5.41, 5.74) is 6.06. The van der Waals surface area contributed by atoms with E-state index in [9.17, 15) is 14.4 Å². The van der Waals surface area contributed by atoms with E-state index < -0.39 is 0 Å². The number of H-pyrrole nitrogens is 1. The molecular weight excluding hydrogens is 550 g/mol. The molecule has 42 heavy (non-hydrogen) atoms. The van der Waals surface area contributed by atoms with Crippen molar-refractivity contribution < 1.29 is 14.4 Å². The van der Waals surface area contributed by atoms with Crippen molar-refractivity contribution in [3.63, 3.8) is 0 Å². The lowest BCUT2D eigenvalue weighted by Crippen LogP contribution is -2.17. The highest BCUT2D eigenvalue weighted by Crippen LogP contribution is 2.36. The number of carbonyl (C=O) groups excluding carboxylic acids is 3. The number of nitrogens with zero attached hydrogens (tertiary/aromatic N) is 2. The van der Waals surface area contributed by atoms with Crippen LogP contribution in [0.3, 0.4) is 0 Å². The van der Waals surface area contributed by atoms with Crippen molar-refractivity contribution in [2.24, 2.45) is 0 Å². The SMILES string of the molecule is CSc1nc(-c2ccnc(NC(C)=O)c2)c(-c2cccc(NC(=O)c3cccc4c3NC(=O)c3ccccc3N4)c2)[nH]1. The first-order chi connectivity index (χ1) is 20.4. The number of imidazole rings is 1. The van der Waals surface area contributed by atoms with E-state index in [2.05, 4.69) is 31.2 Å². The Kier molecular flexibility index (Phi) is 7.16. The van der Waals surface area contributed by atoms with Crippen molar-refractivity contribution in [3.8, 4) is 22.5 Å². The molecule has 3 amide bonds. The van der Waals surface area contributed by atoms with E-state index in [1.807, 2.05) is 48.7 Å². The Balaban J connectivity index is 1.31. The van der Waals surface area contributed by atoms with Gasteiger partial charge in [-0.25, -0.2) is 9.97 Å². The number of hydrogen-bond donors (Lipinski definition) is 5. The second-order valence-corrected chi connectivity index (χ2v) is 10.3. The van der Waals surface area contributed by atoms with Crippen LogP contribution in [0.25, 0.3) is 22.5 Å². The number of hydrogen-bond acceptors (Lipinski definition) is 7. The average Bonchev–Trinajstić information content (AvgIpc) is 3.37. The fourth-order valence-electron chi connectivity index (χ4n) is 4.74. The predicted octanol–water partition coefficient (Wildman–Crippen LogP) is 6.38. The van der Waals surface area contributed by atoms with E-state index >= 15 is 0 Å². The minimum Gasteiger partial charge on any atom is -0.353 e. The molecule has 0 unspecified atom stereocenters. The van der Waals surface area contributed by atoms with Crippen LogP contribution < -0.4 is 21.3 Å². The smallest absolute Gasteiger partial charge is 0.257 e. The number of benzene rings is 3. The molecule has 5 N–H and O–H groups in total. The lowest BCUT2D eigenvalue weighted by molar-refractivity contribution is -0.114. The number of rotatable bonds is 6. The van der Waals surface area contributed by atoms with Crippen molar-refractivity contribution in [1.29, 1.82) is 0 Å². The zero-order valence-electron chi connectivity index (χ0n) is 22.6. The van der Waals surface area contributed by atoms with Gasteiger partial charge in [-0.1, -0.05) is 42.1 Å². The Hall–Kier alpha value is -5.42. The molecule has 6 rings (SSSR count). The minimum absolute atomic E-state index is 0.217. The first-order valence-electron chi connectivity index (χ1n) is 13.0. The maximum Gasteiger partial charge on any atom is 0.257 e. The van der Waals surface area contributed by atoms with Crippen LogP contribution in [-0.2, 0) is 4.79 Å². The van der Waals surface area contributed by atoms with Crippen molar-refractivity contribution in [1.82, 2.24) is 15.0 Å². The summed E-state index contributed by atoms with van der Waals surface area (Å²) in [6, 6.07) is 23.4. The zero-order valence-corrected chi connectivity index (χ0v) is 23.4. The quantitative estimate of drug-likeness (QED) is 0.148. The van der Waals surface area contributed by atoms with E-state index in [4.69, 9.17) is 4.98 Å². The normalized spacial score (nSPS) is 11.8. The van der Waals surface area contributed by atoms with Crippen molar-refractivity contribution in [2.45, 2.75) is 12.1 Å². The highest BCUT2D eigenvalue weighted by Gasteiger charge is 2.23. The first kappa shape index (κ1) is 26.8. The average molecular weight is 576 g/mol. The molecule has 0 saturated carbocycles. The Bertz CT molecular complexity index is 1870. The van der Waals surface area contributed by atoms with Gasteiger partial charge in [-0.3, -0.25) is 14.4 Å². The number of anilines is 5. The molecule has 0 fully saturated rings. The van der Waals surface area contributed by atoms with Crippen LogP contribution in [-0.4, -0.2) is 38.9 Å². The summed E-state index contributed by atoms with van der Waals surface area (Å²) in [6.07, 6.45) is 3.54. The number of nitrogens with one attached hydrogen (secondary N) is 5. The van der Waals surface area contributed by atoms with Gasteiger partial charge < -0.3 is 26.3 Å². The van der Waals surface area contributed by atoms with Gasteiger partial charge in [0.2, 0.25) is 5.91 Å². The van der Waals surface area contributed by atoms with Gasteiger partial charge >= 0.3 is 0 Å². The van der Waals surface area contributed by atoms with Crippen LogP contribution in [0.4, 0.5) is 28.6 Å². The molecular formula is C31H25N7O3S. The second-order valence-electron chi connectivity index (χ2n) is 9.47. The fourth-order valence-corrected chi connectivity index (χ4v) is 5.13. The van der Waals surface area contributed by atoms with Crippen LogP contribution in [0.15, 0.2) is 90.2 Å². The van der Waals surface area contributed by atoms with Gasteiger partial charge in [0, 0.05) is 29.9 Å². The lowest BCUT2D eigenvalue weighted by atomic mass is 10.0. The van der Waals surface area contributed by atoms with Gasteiger partial charge in [-0.05, 0) is 54.8 Å². The summed E-state index contributed by atoms with van der Waals surface area (Å²) in [5, 5.41) is 12.5. The Morgan fingerprint density at radius 2 is 1.67 bits per heavy atom. The van der Waals surface area contributed by atoms with Gasteiger partial charge in [-0.15, -0.1) is 0 Å². The molecule has 11 heteroatoms. The molecule has 0 atom stereocenters. The van der Waals surface area contributed by atoms with Crippen LogP contribution in [0.1, 0.15) is 27.6 Å². The van der Waals surface area contributed by atoms with Crippen LogP contribution in [0, 0.1) is 0 Å². The summed E-state index contributed by atoms with van der Waals surface area (Å²) in [6.45, 7) is 1.43. The van der Waals surface area contributed by atoms with Crippen molar-refractivity contribution in [2.75, 3.05) is 27.5 Å². The third-order valence-corrected chi connectivity index (χ3v) is 7.19. The molecule has 1 aliphatic heterocycles. The number of amides is 3. The van der Waals surface area contributed by atoms with E-state index in [-0.39, 0.29) is 17.7 Å². The van der Waals surface area contributed by atoms with Gasteiger partial charge in [0.15, 0.2) is 5.16 Å². The summed E-state index contributed by atoms with van der Waals surface area (Å²) >= 11 is 1.47. The number of fused-ring (bicyclic) bond motifs is 2. The van der Waals surface area contributed by atoms with Gasteiger partial charge in [-0.2, -0.15) is 0 Å². The molecule has 208 valence electrons. The monoisotopic (exact) mass is 575 g/mol. The topological polar surface area (TPSA) is 141 Å². The number of pyridine rings is 1. The molecule has 0 spiro atoms. The van der Waals surface area contributed by atoms with E-state index in [0.717, 1.165) is 16.8 Å². The highest BCUT2D eigenvalue weighted by atomic mass is 32.2. The Morgan fingerprint density at radius 1 is 0.857 bits per heavy atom. The molecule has 1 aliphatic rings. The zero-order chi connectivity index (χ0) is 29.2. The number of thioether (sulfide) groups is 1. The molecule has 0 radical (unpaired) electrons. The molecule has 0 aliphatic carbocycles. The molecule has 3 heterocycles. The number of para-hydroxylation sites is 2. The molecule has 3 aromatic carbocycles. The number of aromatic nitrogens is 3. The largest absolute Gasteiger partial charge is 0.353 e. The molecule has 10 nitrogen and oxygen atoms in total. The van der Waals surface area contributed by atoms with E-state index in [1.165, 1.54) is 18.7 Å². The standard InChI is InChI=1S/C31H25N7O3S/c1-17(39)33-25-16-19(13-14-32-25)27-26(37-31(38-27)42-2)18-7-5-8-20(15-18)34-30(41)22-10-6-12-24-28(22)36-29(40)21-9-3-4-11-23(21)35-24/h3-16,35H,1-2H3,(H,34,41)(H,36,40)(H,37,38)(H,32,33,39). The maximum absolute atomic E-state index is 13.5. The molecule has 0 bridgehead atoms. The molecule has 0 saturated heterocycles. The van der Waals surface area contributed by atoms with Gasteiger partial charge in [0.25, 0.3) is 11.8 Å². The summed E-state index contributed by atoms with van der Waals surface area (Å²) in [4.78, 5) is 50.3. The summed E-state index contributed by atoms with van der Waals surface area (Å²) in [7, 11) is 0. The lowest BCUT2D eigenvalue weighted by Gasteiger charge is -2.14. The van der Waals surface area contributed by atoms with Crippen LogP contribution in [0.2, 0.25) is 0 Å².